The van der Waals surface area contributed by atoms with Crippen LogP contribution in [0.2, 0.25) is 0 Å². The molecule has 0 aliphatic heterocycles. The summed E-state index contributed by atoms with van der Waals surface area (Å²) in [6, 6.07) is 0. The summed E-state index contributed by atoms with van der Waals surface area (Å²) in [6.07, 6.45) is 3.63. The second-order valence-electron chi connectivity index (χ2n) is 4.37. The van der Waals surface area contributed by atoms with Crippen LogP contribution in [0.3, 0.4) is 0 Å². The van der Waals surface area contributed by atoms with Gasteiger partial charge in [0, 0.05) is 6.42 Å². The minimum absolute atomic E-state index is 0.286. The number of hydrogen-bond donors (Lipinski definition) is 1. The Hall–Kier alpha value is -0.370. The Labute approximate surface area is 81.3 Å². The van der Waals surface area contributed by atoms with Gasteiger partial charge in [0.05, 0.1) is 6.10 Å². The van der Waals surface area contributed by atoms with Crippen LogP contribution in [0.5, 0.6) is 0 Å². The molecule has 0 radical (unpaired) electrons. The normalized spacial score (nSPS) is 15.8. The van der Waals surface area contributed by atoms with E-state index in [2.05, 4.69) is 20.8 Å². The number of aldehydes is 1. The van der Waals surface area contributed by atoms with E-state index in [1.807, 2.05) is 0 Å². The number of aliphatic hydroxyl groups is 1. The van der Waals surface area contributed by atoms with Crippen LogP contribution in [0.25, 0.3) is 0 Å². The first kappa shape index (κ1) is 12.6. The van der Waals surface area contributed by atoms with E-state index in [1.165, 1.54) is 6.42 Å². The largest absolute Gasteiger partial charge is 0.393 e. The first-order chi connectivity index (χ1) is 6.06. The maximum atomic E-state index is 10.1. The quantitative estimate of drug-likeness (QED) is 0.620. The topological polar surface area (TPSA) is 37.3 Å². The molecule has 2 heteroatoms. The van der Waals surface area contributed by atoms with Crippen LogP contribution in [0.4, 0.5) is 0 Å². The molecule has 0 spiro atoms. The van der Waals surface area contributed by atoms with Crippen LogP contribution in [-0.2, 0) is 4.79 Å². The van der Waals surface area contributed by atoms with E-state index in [9.17, 15) is 9.90 Å². The van der Waals surface area contributed by atoms with Gasteiger partial charge >= 0.3 is 0 Å². The zero-order valence-corrected chi connectivity index (χ0v) is 8.99. The van der Waals surface area contributed by atoms with Crippen molar-refractivity contribution in [2.45, 2.75) is 52.6 Å². The highest BCUT2D eigenvalue weighted by Gasteiger charge is 2.08. The highest BCUT2D eigenvalue weighted by atomic mass is 16.3. The minimum atomic E-state index is -0.424. The van der Waals surface area contributed by atoms with Crippen molar-refractivity contribution in [2.75, 3.05) is 0 Å². The molecule has 0 aromatic rings. The Morgan fingerprint density at radius 3 is 2.31 bits per heavy atom. The third kappa shape index (κ3) is 7.97. The van der Waals surface area contributed by atoms with E-state index < -0.39 is 6.10 Å². The molecule has 0 aliphatic carbocycles. The van der Waals surface area contributed by atoms with Crippen molar-refractivity contribution >= 4 is 6.29 Å². The Balaban J connectivity index is 3.45. The predicted molar refractivity (Wildman–Crippen MR) is 54.5 cm³/mol. The Kier molecular flexibility index (Phi) is 6.87. The molecule has 0 amide bonds. The van der Waals surface area contributed by atoms with Gasteiger partial charge in [-0.05, 0) is 31.1 Å². The summed E-state index contributed by atoms with van der Waals surface area (Å²) in [4.78, 5) is 10.1. The molecule has 2 atom stereocenters. The molecule has 0 fully saturated rings. The fraction of sp³-hybridized carbons (Fsp3) is 0.909. The molecule has 13 heavy (non-hydrogen) atoms. The van der Waals surface area contributed by atoms with E-state index in [0.29, 0.717) is 5.92 Å². The Morgan fingerprint density at radius 1 is 1.23 bits per heavy atom. The molecule has 0 bridgehead atoms. The summed E-state index contributed by atoms with van der Waals surface area (Å²) >= 11 is 0. The monoisotopic (exact) mass is 186 g/mol. The molecule has 2 unspecified atom stereocenters. The van der Waals surface area contributed by atoms with E-state index in [-0.39, 0.29) is 6.42 Å². The van der Waals surface area contributed by atoms with Gasteiger partial charge in [0.25, 0.3) is 0 Å². The third-order valence-electron chi connectivity index (χ3n) is 2.23. The van der Waals surface area contributed by atoms with Crippen molar-refractivity contribution in [3.05, 3.63) is 0 Å². The van der Waals surface area contributed by atoms with Gasteiger partial charge in [-0.3, -0.25) is 0 Å². The van der Waals surface area contributed by atoms with Crippen LogP contribution >= 0.6 is 0 Å². The third-order valence-corrected chi connectivity index (χ3v) is 2.23. The lowest BCUT2D eigenvalue weighted by Gasteiger charge is -2.15. The number of aliphatic hydroxyl groups excluding tert-OH is 1. The Morgan fingerprint density at radius 2 is 1.85 bits per heavy atom. The molecule has 0 rings (SSSR count). The zero-order valence-electron chi connectivity index (χ0n) is 8.99. The van der Waals surface area contributed by atoms with E-state index in [1.54, 1.807) is 0 Å². The minimum Gasteiger partial charge on any atom is -0.393 e. The van der Waals surface area contributed by atoms with Crippen LogP contribution in [-0.4, -0.2) is 17.5 Å². The van der Waals surface area contributed by atoms with Gasteiger partial charge in [0.1, 0.15) is 6.29 Å². The standard InChI is InChI=1S/C11H22O2/c1-9(2)8-10(3)4-5-11(13)6-7-12/h7,9-11,13H,4-6,8H2,1-3H3. The van der Waals surface area contributed by atoms with Crippen molar-refractivity contribution in [1.82, 2.24) is 0 Å². The van der Waals surface area contributed by atoms with Gasteiger partial charge < -0.3 is 9.90 Å². The molecule has 0 aromatic carbocycles. The average molecular weight is 186 g/mol. The maximum absolute atomic E-state index is 10.1. The van der Waals surface area contributed by atoms with Crippen molar-refractivity contribution in [3.8, 4) is 0 Å². The van der Waals surface area contributed by atoms with Crippen molar-refractivity contribution < 1.29 is 9.90 Å². The molecular formula is C11H22O2. The van der Waals surface area contributed by atoms with E-state index in [4.69, 9.17) is 0 Å². The SMILES string of the molecule is CC(C)CC(C)CCC(O)CC=O. The Bertz CT molecular complexity index is 132. The van der Waals surface area contributed by atoms with Crippen LogP contribution in [0.15, 0.2) is 0 Å². The summed E-state index contributed by atoms with van der Waals surface area (Å²) in [6.45, 7) is 6.62. The fourth-order valence-corrected chi connectivity index (χ4v) is 1.63. The highest BCUT2D eigenvalue weighted by molar-refractivity contribution is 5.49. The van der Waals surface area contributed by atoms with E-state index >= 15 is 0 Å². The summed E-state index contributed by atoms with van der Waals surface area (Å²) in [5.74, 6) is 1.37. The lowest BCUT2D eigenvalue weighted by Crippen LogP contribution is -2.10. The molecule has 1 N–H and O–H groups in total. The van der Waals surface area contributed by atoms with Crippen molar-refractivity contribution in [3.63, 3.8) is 0 Å². The van der Waals surface area contributed by atoms with Crippen molar-refractivity contribution in [1.29, 1.82) is 0 Å². The number of carbonyl (C=O) groups is 1. The number of rotatable bonds is 7. The van der Waals surface area contributed by atoms with Crippen LogP contribution in [0.1, 0.15) is 46.5 Å². The van der Waals surface area contributed by atoms with Gasteiger partial charge in [0.2, 0.25) is 0 Å². The molecule has 0 heterocycles. The van der Waals surface area contributed by atoms with Gasteiger partial charge in [-0.1, -0.05) is 20.8 Å². The van der Waals surface area contributed by atoms with Gasteiger partial charge in [0.15, 0.2) is 0 Å². The lowest BCUT2D eigenvalue weighted by atomic mass is 9.93. The summed E-state index contributed by atoms with van der Waals surface area (Å²) in [7, 11) is 0. The summed E-state index contributed by atoms with van der Waals surface area (Å²) < 4.78 is 0. The molecule has 0 saturated carbocycles. The summed E-state index contributed by atoms with van der Waals surface area (Å²) in [5, 5.41) is 9.30. The molecule has 0 aliphatic rings. The molecule has 78 valence electrons. The van der Waals surface area contributed by atoms with E-state index in [0.717, 1.165) is 25.0 Å². The lowest BCUT2D eigenvalue weighted by molar-refractivity contribution is -0.109. The zero-order chi connectivity index (χ0) is 10.3. The predicted octanol–water partition coefficient (Wildman–Crippen LogP) is 2.40. The molecular weight excluding hydrogens is 164 g/mol. The molecule has 2 nitrogen and oxygen atoms in total. The van der Waals surface area contributed by atoms with Crippen molar-refractivity contribution in [2.24, 2.45) is 11.8 Å². The highest BCUT2D eigenvalue weighted by Crippen LogP contribution is 2.17. The molecule has 0 saturated heterocycles. The smallest absolute Gasteiger partial charge is 0.122 e. The number of hydrogen-bond acceptors (Lipinski definition) is 2. The van der Waals surface area contributed by atoms with Crippen LogP contribution < -0.4 is 0 Å². The first-order valence-electron chi connectivity index (χ1n) is 5.18. The second kappa shape index (κ2) is 7.07. The summed E-state index contributed by atoms with van der Waals surface area (Å²) in [5.41, 5.74) is 0. The van der Waals surface area contributed by atoms with Crippen LogP contribution in [0, 0.1) is 11.8 Å². The fourth-order valence-electron chi connectivity index (χ4n) is 1.63. The number of carbonyl (C=O) groups excluding carboxylic acids is 1. The van der Waals surface area contributed by atoms with Gasteiger partial charge in [-0.15, -0.1) is 0 Å². The first-order valence-corrected chi connectivity index (χ1v) is 5.18. The second-order valence-corrected chi connectivity index (χ2v) is 4.37. The average Bonchev–Trinajstić information content (AvgIpc) is 2.00. The van der Waals surface area contributed by atoms with Gasteiger partial charge in [-0.25, -0.2) is 0 Å². The molecule has 0 aromatic heterocycles. The van der Waals surface area contributed by atoms with Gasteiger partial charge in [-0.2, -0.15) is 0 Å². The maximum Gasteiger partial charge on any atom is 0.122 e.